The Morgan fingerprint density at radius 2 is 0.672 bits per heavy atom. The summed E-state index contributed by atoms with van der Waals surface area (Å²) in [5, 5.41) is 10.4. The van der Waals surface area contributed by atoms with Crippen LogP contribution in [-0.4, -0.2) is 16.9 Å². The molecular formula is C38H13BF20N2O3. The molecule has 0 unspecified atom stereocenters. The lowest BCUT2D eigenvalue weighted by Crippen LogP contribution is -2.81. The number of hydrogen-bond donors (Lipinski definition) is 0. The third-order valence-corrected chi connectivity index (χ3v) is 9.40. The summed E-state index contributed by atoms with van der Waals surface area (Å²) in [6.07, 6.45) is -3.86. The van der Waals surface area contributed by atoms with Gasteiger partial charge in [0.15, 0.2) is 82.2 Å². The van der Waals surface area contributed by atoms with Gasteiger partial charge in [-0.1, -0.05) is 30.3 Å². The summed E-state index contributed by atoms with van der Waals surface area (Å²) in [5.74, 6) is -71.4. The van der Waals surface area contributed by atoms with Crippen molar-refractivity contribution >= 4 is 33.8 Å². The van der Waals surface area contributed by atoms with E-state index in [1.807, 2.05) is 18.2 Å². The van der Waals surface area contributed by atoms with Gasteiger partial charge in [0.1, 0.15) is 52.7 Å². The van der Waals surface area contributed by atoms with Gasteiger partial charge in [0.05, 0.1) is 0 Å². The number of rotatable bonds is 9. The topological polar surface area (TPSA) is 64.1 Å². The molecule has 5 nitrogen and oxygen atoms in total. The molecule has 0 saturated carbocycles. The Morgan fingerprint density at radius 3 is 0.922 bits per heavy atom. The first kappa shape index (κ1) is 48.0. The van der Waals surface area contributed by atoms with Crippen LogP contribution in [0.2, 0.25) is 0 Å². The number of hydrogen-bond acceptors (Lipinski definition) is 3. The molecule has 0 aliphatic carbocycles. The summed E-state index contributed by atoms with van der Waals surface area (Å²) >= 11 is 0. The van der Waals surface area contributed by atoms with Crippen LogP contribution < -0.4 is 26.4 Å². The van der Waals surface area contributed by atoms with Gasteiger partial charge in [-0.2, -0.15) is 4.57 Å². The fourth-order valence-corrected chi connectivity index (χ4v) is 6.60. The SMILES string of the molecule is Fc1c(F)c(F)c([B-](c2c(F)c(F)c(F)c(F)c2F)(c2c(F)c(F)c(F)c(F)c2F)c2c(F)c(F)c(F)c(F)c2F)c(F)c1F.O=C(C[n+]1ccc(C[N+](=O)[O-])cc1)c1ccccc1. The molecule has 0 spiro atoms. The van der Waals surface area contributed by atoms with Gasteiger partial charge in [-0.15, -0.1) is 21.9 Å². The first-order valence-electron chi connectivity index (χ1n) is 16.8. The molecular weight excluding hydrogens is 923 g/mol. The smallest absolute Gasteiger partial charge is 0.229 e. The minimum atomic E-state index is -7.22. The van der Waals surface area contributed by atoms with Gasteiger partial charge in [0.2, 0.25) is 18.9 Å². The molecule has 0 N–H and O–H groups in total. The van der Waals surface area contributed by atoms with E-state index in [9.17, 15) is 67.6 Å². The van der Waals surface area contributed by atoms with Crippen LogP contribution in [0.4, 0.5) is 87.8 Å². The summed E-state index contributed by atoms with van der Waals surface area (Å²) in [7, 11) is 0. The average Bonchev–Trinajstić information content (AvgIpc) is 3.27. The summed E-state index contributed by atoms with van der Waals surface area (Å²) < 4.78 is 296. The Kier molecular flexibility index (Phi) is 13.5. The lowest BCUT2D eigenvalue weighted by atomic mass is 9.12. The molecule has 1 aromatic heterocycles. The number of halogens is 20. The summed E-state index contributed by atoms with van der Waals surface area (Å²) in [6.45, 7) is 0.0240. The Morgan fingerprint density at radius 1 is 0.422 bits per heavy atom. The third-order valence-electron chi connectivity index (χ3n) is 9.40. The highest BCUT2D eigenvalue weighted by Gasteiger charge is 2.52. The van der Waals surface area contributed by atoms with E-state index in [0.717, 1.165) is 0 Å². The standard InChI is InChI=1S/C24BF20.C14H13N2O3/c26-5-1(6(27)14(35)21(42)13(5)34)25(2-7(28)15(36)22(43)16(37)8(2)29,3-9(30)17(38)23(44)18(39)10(3)31)4-11(32)19(40)24(45)20(41)12(4)33;17-14(13-4-2-1-3-5-13)11-15-8-6-12(7-9-15)10-16(18)19/h;1-9H,10-11H2/q-1;+1. The highest BCUT2D eigenvalue weighted by molar-refractivity contribution is 7.20. The van der Waals surface area contributed by atoms with Crippen LogP contribution >= 0.6 is 0 Å². The molecule has 0 atom stereocenters. The molecule has 0 fully saturated rings. The lowest BCUT2D eigenvalue weighted by molar-refractivity contribution is -0.683. The van der Waals surface area contributed by atoms with Gasteiger partial charge in [-0.3, -0.25) is 14.9 Å². The van der Waals surface area contributed by atoms with Gasteiger partial charge < -0.3 is 0 Å². The minimum Gasteiger partial charge on any atom is -0.287 e. The van der Waals surface area contributed by atoms with Crippen molar-refractivity contribution in [3.05, 3.63) is 192 Å². The molecule has 6 aromatic rings. The van der Waals surface area contributed by atoms with Crippen molar-refractivity contribution in [2.24, 2.45) is 0 Å². The molecule has 5 aromatic carbocycles. The van der Waals surface area contributed by atoms with Crippen LogP contribution in [0.15, 0.2) is 54.9 Å². The number of nitro groups is 1. The average molecular weight is 936 g/mol. The highest BCUT2D eigenvalue weighted by atomic mass is 19.2. The van der Waals surface area contributed by atoms with Crippen LogP contribution in [0, 0.1) is 126 Å². The Bertz CT molecular complexity index is 2500. The summed E-state index contributed by atoms with van der Waals surface area (Å²) in [6, 6.07) is 12.3. The normalized spacial score (nSPS) is 11.4. The van der Waals surface area contributed by atoms with Gasteiger partial charge in [0.25, 0.3) is 0 Å². The zero-order valence-corrected chi connectivity index (χ0v) is 30.4. The van der Waals surface area contributed by atoms with E-state index in [-0.39, 0.29) is 23.8 Å². The van der Waals surface area contributed by atoms with Crippen molar-refractivity contribution in [3.63, 3.8) is 0 Å². The first-order chi connectivity index (χ1) is 29.8. The maximum absolute atomic E-state index is 15.4. The van der Waals surface area contributed by atoms with Crippen molar-refractivity contribution in [2.45, 2.75) is 13.1 Å². The van der Waals surface area contributed by atoms with Crippen LogP contribution in [0.25, 0.3) is 0 Å². The quantitative estimate of drug-likeness (QED) is 0.0221. The van der Waals surface area contributed by atoms with Crippen molar-refractivity contribution in [3.8, 4) is 0 Å². The second-order valence-corrected chi connectivity index (χ2v) is 13.0. The number of carbonyl (C=O) groups is 1. The van der Waals surface area contributed by atoms with Gasteiger partial charge >= 0.3 is 0 Å². The number of pyridine rings is 1. The largest absolute Gasteiger partial charge is 0.287 e. The first-order valence-corrected chi connectivity index (χ1v) is 16.8. The van der Waals surface area contributed by atoms with Crippen molar-refractivity contribution in [2.75, 3.05) is 0 Å². The van der Waals surface area contributed by atoms with E-state index in [4.69, 9.17) is 0 Å². The van der Waals surface area contributed by atoms with Crippen LogP contribution in [0.3, 0.4) is 0 Å². The fourth-order valence-electron chi connectivity index (χ4n) is 6.60. The van der Waals surface area contributed by atoms with E-state index in [1.165, 1.54) is 0 Å². The van der Waals surface area contributed by atoms with E-state index >= 15 is 35.1 Å². The number of benzene rings is 5. The van der Waals surface area contributed by atoms with Crippen LogP contribution in [0.1, 0.15) is 15.9 Å². The van der Waals surface area contributed by atoms with E-state index < -0.39 is 144 Å². The molecule has 0 saturated heterocycles. The predicted octanol–water partition coefficient (Wildman–Crippen LogP) is 7.48. The fraction of sp³-hybridized carbons (Fsp3) is 0.0526. The number of aromatic nitrogens is 1. The molecule has 0 aliphatic rings. The molecule has 26 heteroatoms. The van der Waals surface area contributed by atoms with Gasteiger partial charge in [-0.25, -0.2) is 87.8 Å². The summed E-state index contributed by atoms with van der Waals surface area (Å²) in [4.78, 5) is 21.9. The number of ketones is 1. The van der Waals surface area contributed by atoms with E-state index in [2.05, 4.69) is 0 Å². The van der Waals surface area contributed by atoms with Crippen LogP contribution in [-0.2, 0) is 13.1 Å². The maximum Gasteiger partial charge on any atom is 0.229 e. The molecule has 0 bridgehead atoms. The molecule has 336 valence electrons. The van der Waals surface area contributed by atoms with Crippen molar-refractivity contribution in [1.29, 1.82) is 0 Å². The molecule has 0 amide bonds. The molecule has 64 heavy (non-hydrogen) atoms. The summed E-state index contributed by atoms with van der Waals surface area (Å²) in [5.41, 5.74) is -13.1. The Balaban J connectivity index is 0.000000337. The second-order valence-electron chi connectivity index (χ2n) is 13.0. The number of nitrogens with zero attached hydrogens (tertiary/aromatic N) is 2. The molecule has 0 radical (unpaired) electrons. The Hall–Kier alpha value is -7.02. The highest BCUT2D eigenvalue weighted by Crippen LogP contribution is 2.30. The lowest BCUT2D eigenvalue weighted by Gasteiger charge is -2.44. The monoisotopic (exact) mass is 936 g/mol. The van der Waals surface area contributed by atoms with E-state index in [0.29, 0.717) is 11.1 Å². The van der Waals surface area contributed by atoms with Gasteiger partial charge in [-0.05, 0) is 0 Å². The maximum atomic E-state index is 15.4. The molecule has 6 rings (SSSR count). The zero-order chi connectivity index (χ0) is 48.0. The Labute approximate surface area is 341 Å². The van der Waals surface area contributed by atoms with Gasteiger partial charge in [0, 0.05) is 28.2 Å². The minimum absolute atomic E-state index is 0.00706. The van der Waals surface area contributed by atoms with Crippen molar-refractivity contribution < 1.29 is 102 Å². The number of Topliss-reactive ketones (excluding diaryl/α,β-unsaturated/α-hetero) is 1. The van der Waals surface area contributed by atoms with Crippen molar-refractivity contribution in [1.82, 2.24) is 0 Å². The number of carbonyl (C=O) groups excluding carboxylic acids is 1. The third kappa shape index (κ3) is 7.84. The predicted molar refractivity (Wildman–Crippen MR) is 177 cm³/mol. The molecule has 0 aliphatic heterocycles. The second kappa shape index (κ2) is 18.0. The van der Waals surface area contributed by atoms with Crippen LogP contribution in [0.5, 0.6) is 0 Å². The molecule has 1 heterocycles. The zero-order valence-electron chi connectivity index (χ0n) is 30.4. The van der Waals surface area contributed by atoms with E-state index in [1.54, 1.807) is 41.2 Å².